The third kappa shape index (κ3) is 6.46. The number of likely N-dealkylation sites (N-methyl/N-ethyl adjacent to an activating group) is 1. The van der Waals surface area contributed by atoms with Crippen molar-refractivity contribution >= 4 is 5.91 Å². The molecule has 1 rings (SSSR count). The SMILES string of the molecule is CN(CCOc1cccc(C#CCO)c1)CC(N)=O. The van der Waals surface area contributed by atoms with Crippen LogP contribution in [0.25, 0.3) is 0 Å². The van der Waals surface area contributed by atoms with Crippen LogP contribution in [0.5, 0.6) is 5.75 Å². The van der Waals surface area contributed by atoms with Gasteiger partial charge in [-0.1, -0.05) is 17.9 Å². The average Bonchev–Trinajstić information content (AvgIpc) is 2.36. The number of aliphatic hydroxyl groups excluding tert-OH is 1. The van der Waals surface area contributed by atoms with Crippen LogP contribution in [0.1, 0.15) is 5.56 Å². The number of aliphatic hydroxyl groups is 1. The number of carbonyl (C=O) groups excluding carboxylic acids is 1. The van der Waals surface area contributed by atoms with Gasteiger partial charge in [-0.3, -0.25) is 9.69 Å². The summed E-state index contributed by atoms with van der Waals surface area (Å²) in [5.41, 5.74) is 5.87. The molecule has 3 N–H and O–H groups in total. The second-order valence-corrected chi connectivity index (χ2v) is 4.04. The van der Waals surface area contributed by atoms with Crippen LogP contribution < -0.4 is 10.5 Å². The predicted molar refractivity (Wildman–Crippen MR) is 72.6 cm³/mol. The summed E-state index contributed by atoms with van der Waals surface area (Å²) in [4.78, 5) is 12.5. The first kappa shape index (κ1) is 15.0. The Balaban J connectivity index is 2.43. The van der Waals surface area contributed by atoms with Gasteiger partial charge in [-0.05, 0) is 25.2 Å². The molecule has 0 unspecified atom stereocenters. The first-order valence-electron chi connectivity index (χ1n) is 5.91. The lowest BCUT2D eigenvalue weighted by Gasteiger charge is -2.14. The maximum absolute atomic E-state index is 10.7. The van der Waals surface area contributed by atoms with Crippen molar-refractivity contribution < 1.29 is 14.6 Å². The average molecular weight is 262 g/mol. The van der Waals surface area contributed by atoms with E-state index < -0.39 is 0 Å². The molecule has 0 aliphatic carbocycles. The number of hydrogen-bond acceptors (Lipinski definition) is 4. The highest BCUT2D eigenvalue weighted by Crippen LogP contribution is 2.12. The van der Waals surface area contributed by atoms with Crippen LogP contribution in [-0.4, -0.2) is 49.3 Å². The molecule has 1 aromatic rings. The molecule has 0 aromatic heterocycles. The van der Waals surface area contributed by atoms with E-state index in [4.69, 9.17) is 15.6 Å². The molecule has 0 spiro atoms. The molecule has 5 nitrogen and oxygen atoms in total. The minimum atomic E-state index is -0.358. The van der Waals surface area contributed by atoms with E-state index in [0.717, 1.165) is 5.56 Å². The minimum Gasteiger partial charge on any atom is -0.492 e. The summed E-state index contributed by atoms with van der Waals surface area (Å²) in [6, 6.07) is 7.31. The first-order chi connectivity index (χ1) is 9.11. The van der Waals surface area contributed by atoms with Crippen LogP contribution >= 0.6 is 0 Å². The normalized spacial score (nSPS) is 9.84. The van der Waals surface area contributed by atoms with Gasteiger partial charge in [0.25, 0.3) is 0 Å². The van der Waals surface area contributed by atoms with Gasteiger partial charge in [-0.15, -0.1) is 0 Å². The monoisotopic (exact) mass is 262 g/mol. The van der Waals surface area contributed by atoms with Crippen molar-refractivity contribution in [3.05, 3.63) is 29.8 Å². The van der Waals surface area contributed by atoms with Gasteiger partial charge in [0.05, 0.1) is 6.54 Å². The molecule has 0 saturated carbocycles. The maximum Gasteiger partial charge on any atom is 0.231 e. The zero-order valence-electron chi connectivity index (χ0n) is 10.9. The lowest BCUT2D eigenvalue weighted by Crippen LogP contribution is -2.33. The lowest BCUT2D eigenvalue weighted by atomic mass is 10.2. The van der Waals surface area contributed by atoms with E-state index >= 15 is 0 Å². The molecule has 102 valence electrons. The quantitative estimate of drug-likeness (QED) is 0.698. The summed E-state index contributed by atoms with van der Waals surface area (Å²) in [5.74, 6) is 5.73. The van der Waals surface area contributed by atoms with Gasteiger partial charge >= 0.3 is 0 Å². The molecule has 0 radical (unpaired) electrons. The Hall–Kier alpha value is -2.03. The molecule has 1 aromatic carbocycles. The van der Waals surface area contributed by atoms with Crippen molar-refractivity contribution in [1.82, 2.24) is 4.90 Å². The highest BCUT2D eigenvalue weighted by Gasteiger charge is 2.02. The smallest absolute Gasteiger partial charge is 0.231 e. The second-order valence-electron chi connectivity index (χ2n) is 4.04. The number of rotatable bonds is 6. The van der Waals surface area contributed by atoms with Gasteiger partial charge in [0, 0.05) is 12.1 Å². The third-order valence-electron chi connectivity index (χ3n) is 2.31. The number of benzene rings is 1. The highest BCUT2D eigenvalue weighted by molar-refractivity contribution is 5.75. The molecule has 1 amide bonds. The molecule has 0 atom stereocenters. The number of amides is 1. The molecule has 0 fully saturated rings. The van der Waals surface area contributed by atoms with E-state index in [-0.39, 0.29) is 19.1 Å². The van der Waals surface area contributed by atoms with Gasteiger partial charge in [0.15, 0.2) is 0 Å². The summed E-state index contributed by atoms with van der Waals surface area (Å²) in [7, 11) is 1.80. The topological polar surface area (TPSA) is 75.8 Å². The summed E-state index contributed by atoms with van der Waals surface area (Å²) in [6.45, 7) is 1.12. The van der Waals surface area contributed by atoms with Crippen LogP contribution in [0, 0.1) is 11.8 Å². The third-order valence-corrected chi connectivity index (χ3v) is 2.31. The fraction of sp³-hybridized carbons (Fsp3) is 0.357. The predicted octanol–water partition coefficient (Wildman–Crippen LogP) is -0.174. The molecule has 0 bridgehead atoms. The van der Waals surface area contributed by atoms with Crippen LogP contribution in [0.15, 0.2) is 24.3 Å². The van der Waals surface area contributed by atoms with E-state index in [1.54, 1.807) is 18.0 Å². The van der Waals surface area contributed by atoms with Crippen LogP contribution in [0.3, 0.4) is 0 Å². The Kier molecular flexibility index (Phi) is 6.44. The Labute approximate surface area is 113 Å². The largest absolute Gasteiger partial charge is 0.492 e. The van der Waals surface area contributed by atoms with Gasteiger partial charge < -0.3 is 15.6 Å². The van der Waals surface area contributed by atoms with Crippen LogP contribution in [-0.2, 0) is 4.79 Å². The fourth-order valence-electron chi connectivity index (χ4n) is 1.47. The van der Waals surface area contributed by atoms with Gasteiger partial charge in [0.2, 0.25) is 5.91 Å². The van der Waals surface area contributed by atoms with Crippen LogP contribution in [0.4, 0.5) is 0 Å². The Bertz CT molecular complexity index is 477. The summed E-state index contributed by atoms with van der Waals surface area (Å²) in [6.07, 6.45) is 0. The zero-order valence-corrected chi connectivity index (χ0v) is 10.9. The van der Waals surface area contributed by atoms with Crippen LogP contribution in [0.2, 0.25) is 0 Å². The van der Waals surface area contributed by atoms with Crippen molar-refractivity contribution in [2.75, 3.05) is 33.4 Å². The number of ether oxygens (including phenoxy) is 1. The number of nitrogens with zero attached hydrogens (tertiary/aromatic N) is 1. The molecular formula is C14H18N2O3. The van der Waals surface area contributed by atoms with E-state index in [1.165, 1.54) is 0 Å². The van der Waals surface area contributed by atoms with Crippen molar-refractivity contribution in [2.24, 2.45) is 5.73 Å². The van der Waals surface area contributed by atoms with Gasteiger partial charge in [-0.25, -0.2) is 0 Å². The zero-order chi connectivity index (χ0) is 14.1. The first-order valence-corrected chi connectivity index (χ1v) is 5.91. The van der Waals surface area contributed by atoms with Crippen molar-refractivity contribution in [1.29, 1.82) is 0 Å². The Morgan fingerprint density at radius 1 is 1.53 bits per heavy atom. The van der Waals surface area contributed by atoms with Crippen molar-refractivity contribution in [2.45, 2.75) is 0 Å². The van der Waals surface area contributed by atoms with E-state index in [1.807, 2.05) is 18.2 Å². The van der Waals surface area contributed by atoms with E-state index in [9.17, 15) is 4.79 Å². The molecule has 0 saturated heterocycles. The Morgan fingerprint density at radius 2 is 2.32 bits per heavy atom. The highest BCUT2D eigenvalue weighted by atomic mass is 16.5. The van der Waals surface area contributed by atoms with Crippen molar-refractivity contribution in [3.63, 3.8) is 0 Å². The Morgan fingerprint density at radius 3 is 3.00 bits per heavy atom. The molecule has 0 aliphatic heterocycles. The summed E-state index contributed by atoms with van der Waals surface area (Å²) < 4.78 is 5.55. The summed E-state index contributed by atoms with van der Waals surface area (Å²) >= 11 is 0. The second kappa shape index (κ2) is 8.14. The maximum atomic E-state index is 10.7. The van der Waals surface area contributed by atoms with Gasteiger partial charge in [-0.2, -0.15) is 0 Å². The minimum absolute atomic E-state index is 0.164. The lowest BCUT2D eigenvalue weighted by molar-refractivity contribution is -0.118. The van der Waals surface area contributed by atoms with Gasteiger partial charge in [0.1, 0.15) is 19.0 Å². The van der Waals surface area contributed by atoms with E-state index in [0.29, 0.717) is 18.9 Å². The standard InChI is InChI=1S/C14H18N2O3/c1-16(11-14(15)18)7-9-19-13-6-2-4-12(10-13)5-3-8-17/h2,4,6,10,17H,7-9,11H2,1H3,(H2,15,18). The molecule has 0 aliphatic rings. The molecule has 0 heterocycles. The number of carbonyl (C=O) groups is 1. The molecular weight excluding hydrogens is 244 g/mol. The van der Waals surface area contributed by atoms with E-state index in [2.05, 4.69) is 11.8 Å². The fourth-order valence-corrected chi connectivity index (χ4v) is 1.47. The number of primary amides is 1. The summed E-state index contributed by atoms with van der Waals surface area (Å²) in [5, 5.41) is 8.62. The number of hydrogen-bond donors (Lipinski definition) is 2. The number of nitrogens with two attached hydrogens (primary N) is 1. The molecule has 19 heavy (non-hydrogen) atoms. The molecule has 5 heteroatoms. The van der Waals surface area contributed by atoms with Crippen molar-refractivity contribution in [3.8, 4) is 17.6 Å².